The molecule has 25 heavy (non-hydrogen) atoms. The molecule has 1 saturated heterocycles. The van der Waals surface area contributed by atoms with E-state index in [-0.39, 0.29) is 12.5 Å². The summed E-state index contributed by atoms with van der Waals surface area (Å²) in [5.74, 6) is -0.0271. The molecule has 1 aliphatic rings. The fourth-order valence-corrected chi connectivity index (χ4v) is 3.79. The van der Waals surface area contributed by atoms with Crippen molar-refractivity contribution in [2.45, 2.75) is 45.6 Å². The van der Waals surface area contributed by atoms with E-state index in [1.807, 2.05) is 13.0 Å². The third-order valence-electron chi connectivity index (χ3n) is 5.31. The Bertz CT molecular complexity index is 738. The number of amides is 1. The lowest BCUT2D eigenvalue weighted by molar-refractivity contribution is 0.0947. The molecule has 3 N–H and O–H groups in total. The Kier molecular flexibility index (Phi) is 5.76. The average molecular weight is 343 g/mol. The lowest BCUT2D eigenvalue weighted by Crippen LogP contribution is -2.33. The molecule has 0 bridgehead atoms. The second-order valence-electron chi connectivity index (χ2n) is 7.15. The van der Waals surface area contributed by atoms with Crippen molar-refractivity contribution in [2.24, 2.45) is 0 Å². The van der Waals surface area contributed by atoms with Crippen molar-refractivity contribution in [1.29, 1.82) is 0 Å². The number of aromatic amines is 1. The highest BCUT2D eigenvalue weighted by Crippen LogP contribution is 2.22. The zero-order valence-electron chi connectivity index (χ0n) is 15.3. The summed E-state index contributed by atoms with van der Waals surface area (Å²) in [6.07, 6.45) is 4.29. The number of aromatic nitrogens is 1. The number of aryl methyl sites for hydroxylation is 2. The topological polar surface area (TPSA) is 68.4 Å². The molecule has 0 aliphatic carbocycles. The van der Waals surface area contributed by atoms with E-state index in [1.54, 1.807) is 0 Å². The van der Waals surface area contributed by atoms with Crippen LogP contribution in [-0.2, 0) is 0 Å². The van der Waals surface area contributed by atoms with Gasteiger partial charge in [0.05, 0.1) is 6.61 Å². The molecular weight excluding hydrogens is 314 g/mol. The van der Waals surface area contributed by atoms with E-state index in [9.17, 15) is 9.90 Å². The van der Waals surface area contributed by atoms with Gasteiger partial charge in [-0.1, -0.05) is 11.6 Å². The van der Waals surface area contributed by atoms with Crippen LogP contribution in [0.3, 0.4) is 0 Å². The minimum Gasteiger partial charge on any atom is -0.395 e. The zero-order valence-corrected chi connectivity index (χ0v) is 15.3. The quantitative estimate of drug-likeness (QED) is 0.677. The molecule has 0 spiro atoms. The van der Waals surface area contributed by atoms with Crippen molar-refractivity contribution >= 4 is 16.8 Å². The van der Waals surface area contributed by atoms with E-state index in [0.717, 1.165) is 48.8 Å². The Morgan fingerprint density at radius 1 is 1.36 bits per heavy atom. The number of rotatable bonds is 7. The Morgan fingerprint density at radius 2 is 2.20 bits per heavy atom. The molecule has 1 unspecified atom stereocenters. The number of aliphatic hydroxyl groups excluding tert-OH is 1. The Morgan fingerprint density at radius 3 is 3.00 bits per heavy atom. The molecule has 136 valence electrons. The first-order valence-corrected chi connectivity index (χ1v) is 9.32. The summed E-state index contributed by atoms with van der Waals surface area (Å²) in [6, 6.07) is 6.54. The van der Waals surface area contributed by atoms with Gasteiger partial charge in [0, 0.05) is 23.5 Å². The third kappa shape index (κ3) is 4.05. The highest BCUT2D eigenvalue weighted by molar-refractivity contribution is 6.00. The minimum absolute atomic E-state index is 0.0271. The molecule has 5 nitrogen and oxygen atoms in total. The predicted molar refractivity (Wildman–Crippen MR) is 101 cm³/mol. The maximum Gasteiger partial charge on any atom is 0.268 e. The molecule has 2 heterocycles. The number of nitrogens with zero attached hydrogens (tertiary/aromatic N) is 1. The number of fused-ring (bicyclic) bond motifs is 1. The van der Waals surface area contributed by atoms with Crippen LogP contribution >= 0.6 is 0 Å². The zero-order chi connectivity index (χ0) is 17.8. The van der Waals surface area contributed by atoms with Crippen LogP contribution in [0.25, 0.3) is 10.9 Å². The number of unbranched alkanes of at least 4 members (excludes halogenated alkanes) is 1. The standard InChI is InChI=1S/C20H29N3O2/c1-14-7-8-18-17(12-14)15(2)19(22-18)20(25)21-9-3-4-10-23-11-5-6-16(23)13-24/h7-8,12,16,22,24H,3-6,9-11,13H2,1-2H3,(H,21,25). The summed E-state index contributed by atoms with van der Waals surface area (Å²) in [5.41, 5.74) is 3.89. The van der Waals surface area contributed by atoms with Gasteiger partial charge in [0.25, 0.3) is 5.91 Å². The smallest absolute Gasteiger partial charge is 0.268 e. The fourth-order valence-electron chi connectivity index (χ4n) is 3.79. The van der Waals surface area contributed by atoms with Crippen LogP contribution in [0.2, 0.25) is 0 Å². The molecule has 5 heteroatoms. The van der Waals surface area contributed by atoms with Crippen molar-refractivity contribution in [3.05, 3.63) is 35.0 Å². The molecule has 1 fully saturated rings. The van der Waals surface area contributed by atoms with Crippen LogP contribution < -0.4 is 5.32 Å². The van der Waals surface area contributed by atoms with E-state index >= 15 is 0 Å². The van der Waals surface area contributed by atoms with Gasteiger partial charge in [0.2, 0.25) is 0 Å². The predicted octanol–water partition coefficient (Wildman–Crippen LogP) is 2.75. The van der Waals surface area contributed by atoms with Crippen LogP contribution in [-0.4, -0.2) is 53.2 Å². The van der Waals surface area contributed by atoms with Gasteiger partial charge < -0.3 is 15.4 Å². The summed E-state index contributed by atoms with van der Waals surface area (Å²) < 4.78 is 0. The first-order chi connectivity index (χ1) is 12.1. The molecule has 0 radical (unpaired) electrons. The number of likely N-dealkylation sites (tertiary alicyclic amines) is 1. The van der Waals surface area contributed by atoms with E-state index in [4.69, 9.17) is 0 Å². The van der Waals surface area contributed by atoms with Crippen LogP contribution in [0.4, 0.5) is 0 Å². The largest absolute Gasteiger partial charge is 0.395 e. The lowest BCUT2D eigenvalue weighted by Gasteiger charge is -2.22. The number of carbonyl (C=O) groups is 1. The highest BCUT2D eigenvalue weighted by Gasteiger charge is 2.22. The SMILES string of the molecule is Cc1ccc2[nH]c(C(=O)NCCCCN3CCCC3CO)c(C)c2c1. The number of hydrogen-bond acceptors (Lipinski definition) is 3. The monoisotopic (exact) mass is 343 g/mol. The molecule has 1 aromatic carbocycles. The van der Waals surface area contributed by atoms with E-state index < -0.39 is 0 Å². The number of H-pyrrole nitrogens is 1. The number of benzene rings is 1. The van der Waals surface area contributed by atoms with Crippen molar-refractivity contribution in [1.82, 2.24) is 15.2 Å². The maximum absolute atomic E-state index is 12.5. The van der Waals surface area contributed by atoms with Crippen molar-refractivity contribution < 1.29 is 9.90 Å². The lowest BCUT2D eigenvalue weighted by atomic mass is 10.1. The molecule has 1 aliphatic heterocycles. The number of hydrogen-bond donors (Lipinski definition) is 3. The Labute approximate surface area is 149 Å². The maximum atomic E-state index is 12.5. The summed E-state index contributed by atoms with van der Waals surface area (Å²) in [4.78, 5) is 18.1. The summed E-state index contributed by atoms with van der Waals surface area (Å²) in [5, 5.41) is 13.5. The van der Waals surface area contributed by atoms with Gasteiger partial charge in [0.15, 0.2) is 0 Å². The summed E-state index contributed by atoms with van der Waals surface area (Å²) >= 11 is 0. The normalized spacial score (nSPS) is 18.1. The second-order valence-corrected chi connectivity index (χ2v) is 7.15. The van der Waals surface area contributed by atoms with E-state index in [2.05, 4.69) is 34.3 Å². The van der Waals surface area contributed by atoms with Gasteiger partial charge >= 0.3 is 0 Å². The van der Waals surface area contributed by atoms with Crippen molar-refractivity contribution in [3.63, 3.8) is 0 Å². The molecule has 1 aromatic heterocycles. The van der Waals surface area contributed by atoms with Crippen LogP contribution in [0.15, 0.2) is 18.2 Å². The fraction of sp³-hybridized carbons (Fsp3) is 0.550. The first-order valence-electron chi connectivity index (χ1n) is 9.32. The van der Waals surface area contributed by atoms with E-state index in [1.165, 1.54) is 12.0 Å². The van der Waals surface area contributed by atoms with Crippen LogP contribution in [0.1, 0.15) is 47.3 Å². The summed E-state index contributed by atoms with van der Waals surface area (Å²) in [6.45, 7) is 7.10. The first kappa shape index (κ1) is 18.0. The van der Waals surface area contributed by atoms with Gasteiger partial charge in [0.1, 0.15) is 5.69 Å². The third-order valence-corrected chi connectivity index (χ3v) is 5.31. The Balaban J connectivity index is 1.47. The van der Waals surface area contributed by atoms with Crippen molar-refractivity contribution in [3.8, 4) is 0 Å². The van der Waals surface area contributed by atoms with Crippen LogP contribution in [0, 0.1) is 13.8 Å². The average Bonchev–Trinajstić information content (AvgIpc) is 3.19. The highest BCUT2D eigenvalue weighted by atomic mass is 16.3. The van der Waals surface area contributed by atoms with Crippen molar-refractivity contribution in [2.75, 3.05) is 26.2 Å². The minimum atomic E-state index is -0.0271. The summed E-state index contributed by atoms with van der Waals surface area (Å²) in [7, 11) is 0. The van der Waals surface area contributed by atoms with Gasteiger partial charge in [-0.25, -0.2) is 0 Å². The molecule has 2 aromatic rings. The Hall–Kier alpha value is -1.85. The molecule has 1 amide bonds. The van der Waals surface area contributed by atoms with E-state index in [0.29, 0.717) is 18.3 Å². The van der Waals surface area contributed by atoms with Crippen LogP contribution in [0.5, 0.6) is 0 Å². The van der Waals surface area contributed by atoms with Gasteiger partial charge in [-0.2, -0.15) is 0 Å². The second kappa shape index (κ2) is 8.02. The molecule has 3 rings (SSSR count). The molecule has 1 atom stereocenters. The number of carbonyl (C=O) groups excluding carboxylic acids is 1. The number of aliphatic hydroxyl groups is 1. The van der Waals surface area contributed by atoms with Gasteiger partial charge in [-0.05, 0) is 70.3 Å². The molecular formula is C20H29N3O2. The molecule has 0 saturated carbocycles. The number of nitrogens with one attached hydrogen (secondary N) is 2. The van der Waals surface area contributed by atoms with Gasteiger partial charge in [-0.3, -0.25) is 9.69 Å². The van der Waals surface area contributed by atoms with Gasteiger partial charge in [-0.15, -0.1) is 0 Å².